The highest BCUT2D eigenvalue weighted by Crippen LogP contribution is 2.43. The monoisotopic (exact) mass is 900 g/mol. The van der Waals surface area contributed by atoms with Crippen molar-refractivity contribution < 1.29 is 64.5 Å². The van der Waals surface area contributed by atoms with Crippen molar-refractivity contribution in [3.05, 3.63) is 85.5 Å². The Morgan fingerprint density at radius 2 is 1.08 bits per heavy atom. The standard InChI is InChI=1S/2C21H21F3N4O4/c22-21(23,24)31-15-3-4-17(16(25)10-15)27-18(29)13-5-7-20(8-6-13)12-28(19(30)32-20)14-2-1-9-26-11-14;22-21(23,24)31-15-3-4-16(25)17(10-15)27-18(29)13-5-7-20(8-6-13)12-28(19(30)32-20)14-2-1-9-26-11-14/h2*1-4,9-11,13H,5-8,12,25H2,(H,27,29). The molecular formula is C42H42F6N8O8. The van der Waals surface area contributed by atoms with Crippen LogP contribution < -0.4 is 41.4 Å². The van der Waals surface area contributed by atoms with E-state index in [1.807, 2.05) is 0 Å². The molecule has 2 saturated heterocycles. The molecule has 2 aromatic carbocycles. The van der Waals surface area contributed by atoms with Crippen LogP contribution in [0.25, 0.3) is 0 Å². The van der Waals surface area contributed by atoms with Crippen molar-refractivity contribution in [3.8, 4) is 11.5 Å². The average Bonchev–Trinajstić information content (AvgIpc) is 3.74. The molecule has 4 amide bonds. The SMILES string of the molecule is Nc1cc(OC(F)(F)F)ccc1NC(=O)C1CCC2(CC1)CN(c1cccnc1)C(=O)O2.Nc1ccc(OC(F)(F)F)cc1NC(=O)C1CCC2(CC1)CN(c1cccnc1)C(=O)O2. The van der Waals surface area contributed by atoms with Crippen LogP contribution in [0.15, 0.2) is 85.5 Å². The molecule has 22 heteroatoms. The smallest absolute Gasteiger partial charge is 0.441 e. The van der Waals surface area contributed by atoms with E-state index in [9.17, 15) is 45.5 Å². The van der Waals surface area contributed by atoms with E-state index in [1.54, 1.807) is 54.0 Å². The maximum absolute atomic E-state index is 12.7. The van der Waals surface area contributed by atoms with Crippen molar-refractivity contribution in [2.24, 2.45) is 11.8 Å². The number of alkyl halides is 6. The molecule has 0 atom stereocenters. The number of halogens is 6. The Balaban J connectivity index is 0.000000191. The highest BCUT2D eigenvalue weighted by molar-refractivity contribution is 5.97. The Morgan fingerprint density at radius 3 is 1.50 bits per heavy atom. The van der Waals surface area contributed by atoms with Crippen LogP contribution in [0.3, 0.4) is 0 Å². The topological polar surface area (TPSA) is 214 Å². The highest BCUT2D eigenvalue weighted by atomic mass is 19.4. The number of pyridine rings is 2. The number of amides is 4. The van der Waals surface area contributed by atoms with Gasteiger partial charge in [0.2, 0.25) is 11.8 Å². The van der Waals surface area contributed by atoms with Crippen molar-refractivity contribution in [1.82, 2.24) is 9.97 Å². The highest BCUT2D eigenvalue weighted by Gasteiger charge is 2.50. The molecule has 4 fully saturated rings. The first kappa shape index (κ1) is 45.0. The maximum atomic E-state index is 12.7. The summed E-state index contributed by atoms with van der Waals surface area (Å²) in [6.45, 7) is 0.759. The first-order chi connectivity index (χ1) is 30.3. The van der Waals surface area contributed by atoms with E-state index < -0.39 is 53.5 Å². The molecule has 340 valence electrons. The van der Waals surface area contributed by atoms with Gasteiger partial charge in [-0.15, -0.1) is 26.3 Å². The van der Waals surface area contributed by atoms with E-state index in [2.05, 4.69) is 30.1 Å². The number of nitrogens with two attached hydrogens (primary N) is 2. The fraction of sp³-hybridized carbons (Fsp3) is 0.381. The molecule has 2 saturated carbocycles. The minimum absolute atomic E-state index is 0.0378. The van der Waals surface area contributed by atoms with Crippen LogP contribution in [-0.4, -0.2) is 71.0 Å². The first-order valence-electron chi connectivity index (χ1n) is 20.0. The van der Waals surface area contributed by atoms with Gasteiger partial charge in [0.05, 0.1) is 59.6 Å². The second kappa shape index (κ2) is 18.0. The van der Waals surface area contributed by atoms with E-state index in [0.717, 1.165) is 24.3 Å². The molecule has 4 heterocycles. The average molecular weight is 901 g/mol. The lowest BCUT2D eigenvalue weighted by Crippen LogP contribution is -2.41. The lowest BCUT2D eigenvalue weighted by atomic mass is 9.78. The largest absolute Gasteiger partial charge is 0.573 e. The number of nitrogen functional groups attached to an aromatic ring is 2. The Hall–Kier alpha value is -7.00. The maximum Gasteiger partial charge on any atom is 0.573 e. The molecule has 4 aliphatic rings. The van der Waals surface area contributed by atoms with Gasteiger partial charge in [0, 0.05) is 36.4 Å². The Kier molecular flexibility index (Phi) is 12.7. The number of nitrogens with one attached hydrogen (secondary N) is 2. The quantitative estimate of drug-likeness (QED) is 0.0974. The summed E-state index contributed by atoms with van der Waals surface area (Å²) in [6.07, 6.45) is -0.246. The fourth-order valence-corrected chi connectivity index (χ4v) is 8.17. The number of anilines is 6. The van der Waals surface area contributed by atoms with Gasteiger partial charge in [-0.3, -0.25) is 29.4 Å². The summed E-state index contributed by atoms with van der Waals surface area (Å²) in [4.78, 5) is 61.2. The van der Waals surface area contributed by atoms with Gasteiger partial charge in [0.25, 0.3) is 0 Å². The first-order valence-corrected chi connectivity index (χ1v) is 20.0. The van der Waals surface area contributed by atoms with E-state index in [0.29, 0.717) is 75.8 Å². The third-order valence-electron chi connectivity index (χ3n) is 11.4. The van der Waals surface area contributed by atoms with Gasteiger partial charge in [-0.25, -0.2) is 9.59 Å². The van der Waals surface area contributed by atoms with Crippen molar-refractivity contribution >= 4 is 58.1 Å². The number of ether oxygens (including phenoxy) is 4. The van der Waals surface area contributed by atoms with Gasteiger partial charge in [0.1, 0.15) is 22.7 Å². The van der Waals surface area contributed by atoms with Crippen molar-refractivity contribution in [2.45, 2.75) is 75.3 Å². The van der Waals surface area contributed by atoms with Gasteiger partial charge < -0.3 is 41.0 Å². The Bertz CT molecular complexity index is 2340. The molecule has 2 aromatic heterocycles. The minimum atomic E-state index is -4.85. The zero-order chi connectivity index (χ0) is 45.9. The van der Waals surface area contributed by atoms with Crippen molar-refractivity contribution in [1.29, 1.82) is 0 Å². The van der Waals surface area contributed by atoms with Crippen LogP contribution >= 0.6 is 0 Å². The molecule has 16 nitrogen and oxygen atoms in total. The van der Waals surface area contributed by atoms with Gasteiger partial charge in [0.15, 0.2) is 0 Å². The van der Waals surface area contributed by atoms with Crippen LogP contribution in [-0.2, 0) is 19.1 Å². The molecule has 0 unspecified atom stereocenters. The summed E-state index contributed by atoms with van der Waals surface area (Å²) < 4.78 is 93.4. The molecule has 2 aliphatic carbocycles. The third kappa shape index (κ3) is 11.0. The molecule has 2 aliphatic heterocycles. The van der Waals surface area contributed by atoms with E-state index in [-0.39, 0.29) is 40.5 Å². The number of nitrogens with zero attached hydrogens (tertiary/aromatic N) is 4. The number of carbonyl (C=O) groups is 4. The van der Waals surface area contributed by atoms with E-state index in [1.165, 1.54) is 17.0 Å². The summed E-state index contributed by atoms with van der Waals surface area (Å²) in [7, 11) is 0. The molecule has 6 N–H and O–H groups in total. The zero-order valence-electron chi connectivity index (χ0n) is 33.8. The molecule has 0 radical (unpaired) electrons. The van der Waals surface area contributed by atoms with Crippen LogP contribution in [0.2, 0.25) is 0 Å². The van der Waals surface area contributed by atoms with Crippen LogP contribution in [0.5, 0.6) is 11.5 Å². The lowest BCUT2D eigenvalue weighted by molar-refractivity contribution is -0.275. The Morgan fingerprint density at radius 1 is 0.641 bits per heavy atom. The predicted octanol–water partition coefficient (Wildman–Crippen LogP) is 8.17. The second-order valence-corrected chi connectivity index (χ2v) is 15.8. The summed E-state index contributed by atoms with van der Waals surface area (Å²) in [5.74, 6) is -2.31. The molecule has 2 spiro atoms. The zero-order valence-corrected chi connectivity index (χ0v) is 33.8. The number of rotatable bonds is 8. The molecular weight excluding hydrogens is 858 g/mol. The number of carbonyl (C=O) groups excluding carboxylic acids is 4. The predicted molar refractivity (Wildman–Crippen MR) is 218 cm³/mol. The summed E-state index contributed by atoms with van der Waals surface area (Å²) in [5.41, 5.74) is 11.9. The summed E-state index contributed by atoms with van der Waals surface area (Å²) >= 11 is 0. The number of benzene rings is 2. The molecule has 0 bridgehead atoms. The second-order valence-electron chi connectivity index (χ2n) is 15.8. The van der Waals surface area contributed by atoms with Gasteiger partial charge in [-0.05, 0) is 99.9 Å². The summed E-state index contributed by atoms with van der Waals surface area (Å²) in [5, 5.41) is 5.26. The lowest BCUT2D eigenvalue weighted by Gasteiger charge is -2.34. The van der Waals surface area contributed by atoms with Crippen LogP contribution in [0, 0.1) is 11.8 Å². The number of aromatic nitrogens is 2. The minimum Gasteiger partial charge on any atom is -0.441 e. The van der Waals surface area contributed by atoms with Gasteiger partial charge in [-0.2, -0.15) is 0 Å². The Labute approximate surface area is 361 Å². The van der Waals surface area contributed by atoms with Gasteiger partial charge >= 0.3 is 24.9 Å². The van der Waals surface area contributed by atoms with E-state index >= 15 is 0 Å². The normalized spacial score (nSPS) is 23.2. The summed E-state index contributed by atoms with van der Waals surface area (Å²) in [6, 6.07) is 13.7. The fourth-order valence-electron chi connectivity index (χ4n) is 8.17. The van der Waals surface area contributed by atoms with Crippen molar-refractivity contribution in [2.75, 3.05) is 45.0 Å². The molecule has 8 rings (SSSR count). The number of hydrogen-bond donors (Lipinski definition) is 4. The van der Waals surface area contributed by atoms with Gasteiger partial charge in [-0.1, -0.05) is 0 Å². The van der Waals surface area contributed by atoms with Crippen LogP contribution in [0.4, 0.5) is 70.1 Å². The number of hydrogen-bond acceptors (Lipinski definition) is 12. The molecule has 64 heavy (non-hydrogen) atoms. The van der Waals surface area contributed by atoms with Crippen molar-refractivity contribution in [3.63, 3.8) is 0 Å². The third-order valence-corrected chi connectivity index (χ3v) is 11.4. The van der Waals surface area contributed by atoms with Crippen LogP contribution in [0.1, 0.15) is 51.4 Å². The van der Waals surface area contributed by atoms with E-state index in [4.69, 9.17) is 20.9 Å². The molecule has 4 aromatic rings.